The van der Waals surface area contributed by atoms with Crippen LogP contribution in [0.4, 0.5) is 0 Å². The Labute approximate surface area is 229 Å². The Kier molecular flexibility index (Phi) is 7.00. The third-order valence-corrected chi connectivity index (χ3v) is 7.48. The summed E-state index contributed by atoms with van der Waals surface area (Å²) in [5, 5.41) is 9.65. The van der Waals surface area contributed by atoms with Gasteiger partial charge in [-0.3, -0.25) is 4.79 Å². The van der Waals surface area contributed by atoms with Crippen molar-refractivity contribution in [3.63, 3.8) is 0 Å². The Balaban J connectivity index is 0.000000983. The second-order valence-electron chi connectivity index (χ2n) is 10.9. The van der Waals surface area contributed by atoms with Crippen LogP contribution in [0.5, 0.6) is 0 Å². The lowest BCUT2D eigenvalue weighted by molar-refractivity contribution is 0.0734. The van der Waals surface area contributed by atoms with Gasteiger partial charge in [0.05, 0.1) is 29.7 Å². The largest absolute Gasteiger partial charge is 0.395 e. The first-order chi connectivity index (χ1) is 18.7. The summed E-state index contributed by atoms with van der Waals surface area (Å²) in [6, 6.07) is 11.9. The summed E-state index contributed by atoms with van der Waals surface area (Å²) in [7, 11) is 1.87. The molecule has 7 heteroatoms. The Morgan fingerprint density at radius 1 is 1.08 bits per heavy atom. The van der Waals surface area contributed by atoms with Gasteiger partial charge in [0, 0.05) is 53.5 Å². The Morgan fingerprint density at radius 3 is 2.46 bits per heavy atom. The van der Waals surface area contributed by atoms with Crippen molar-refractivity contribution in [2.75, 3.05) is 13.7 Å². The standard InChI is InChI=1S/C29H27N5O2.C3H8/c1-5-7-17-8-6-9-20-25(17)23-13-24(33(4)27(20)36)26-32-21-11-10-18(12-22(21)34(23)26)19-14-30-28(31-15-19)29(2,3)16-35;1-3-2/h6,8-12,14-15,23-24,35H,13,16H2,1-4H3;3H2,1-2H3. The van der Waals surface area contributed by atoms with Crippen molar-refractivity contribution in [1.29, 1.82) is 0 Å². The monoisotopic (exact) mass is 521 g/mol. The van der Waals surface area contributed by atoms with E-state index in [1.54, 1.807) is 0 Å². The summed E-state index contributed by atoms with van der Waals surface area (Å²) in [6.07, 6.45) is 5.64. The van der Waals surface area contributed by atoms with Crippen molar-refractivity contribution in [3.05, 3.63) is 77.1 Å². The number of amides is 1. The molecule has 0 radical (unpaired) electrons. The summed E-state index contributed by atoms with van der Waals surface area (Å²) >= 11 is 0. The van der Waals surface area contributed by atoms with Gasteiger partial charge in [-0.25, -0.2) is 15.0 Å². The van der Waals surface area contributed by atoms with Gasteiger partial charge in [-0.15, -0.1) is 5.92 Å². The van der Waals surface area contributed by atoms with Gasteiger partial charge < -0.3 is 14.6 Å². The number of aromatic nitrogens is 4. The van der Waals surface area contributed by atoms with Gasteiger partial charge in [0.1, 0.15) is 11.6 Å². The van der Waals surface area contributed by atoms with Crippen molar-refractivity contribution < 1.29 is 9.90 Å². The number of fused-ring (bicyclic) bond motifs is 9. The number of hydrogen-bond donors (Lipinski definition) is 1. The average molecular weight is 522 g/mol. The van der Waals surface area contributed by atoms with Crippen LogP contribution in [-0.4, -0.2) is 49.1 Å². The molecule has 1 amide bonds. The van der Waals surface area contributed by atoms with E-state index in [0.717, 1.165) is 45.5 Å². The van der Waals surface area contributed by atoms with Gasteiger partial charge >= 0.3 is 0 Å². The average Bonchev–Trinajstić information content (AvgIpc) is 3.47. The molecule has 0 spiro atoms. The molecule has 2 aliphatic rings. The molecule has 7 nitrogen and oxygen atoms in total. The van der Waals surface area contributed by atoms with Crippen molar-refractivity contribution in [1.82, 2.24) is 24.4 Å². The van der Waals surface area contributed by atoms with E-state index < -0.39 is 5.41 Å². The molecule has 1 N–H and O–H groups in total. The predicted molar refractivity (Wildman–Crippen MR) is 153 cm³/mol. The number of rotatable bonds is 3. The van der Waals surface area contributed by atoms with Crippen molar-refractivity contribution >= 4 is 16.9 Å². The first-order valence-electron chi connectivity index (χ1n) is 13.5. The number of carbonyl (C=O) groups excluding carboxylic acids is 1. The molecular formula is C32H35N5O2. The fourth-order valence-corrected chi connectivity index (χ4v) is 5.44. The molecule has 4 heterocycles. The fourth-order valence-electron chi connectivity index (χ4n) is 5.44. The maximum Gasteiger partial charge on any atom is 0.254 e. The molecule has 0 aliphatic carbocycles. The van der Waals surface area contributed by atoms with Crippen molar-refractivity contribution in [2.24, 2.45) is 0 Å². The number of aliphatic hydroxyl groups is 1. The predicted octanol–water partition coefficient (Wildman–Crippen LogP) is 5.67. The first kappa shape index (κ1) is 26.6. The zero-order valence-electron chi connectivity index (χ0n) is 23.5. The number of benzene rings is 2. The molecule has 2 aromatic carbocycles. The van der Waals surface area contributed by atoms with Crippen LogP contribution in [0, 0.1) is 11.8 Å². The molecule has 4 aromatic rings. The van der Waals surface area contributed by atoms with Crippen LogP contribution in [0.25, 0.3) is 22.2 Å². The quantitative estimate of drug-likeness (QED) is 0.351. The van der Waals surface area contributed by atoms with E-state index in [1.807, 2.05) is 75.4 Å². The molecule has 6 rings (SSSR count). The van der Waals surface area contributed by atoms with E-state index in [9.17, 15) is 9.90 Å². The highest BCUT2D eigenvalue weighted by Gasteiger charge is 2.44. The molecule has 0 saturated heterocycles. The first-order valence-corrected chi connectivity index (χ1v) is 13.5. The van der Waals surface area contributed by atoms with E-state index in [1.165, 1.54) is 6.42 Å². The van der Waals surface area contributed by atoms with E-state index in [-0.39, 0.29) is 24.6 Å². The van der Waals surface area contributed by atoms with Crippen LogP contribution in [0.1, 0.15) is 92.7 Å². The molecule has 2 aromatic heterocycles. The third kappa shape index (κ3) is 4.39. The number of carbonyl (C=O) groups is 1. The van der Waals surface area contributed by atoms with Crippen molar-refractivity contribution in [3.8, 4) is 23.0 Å². The van der Waals surface area contributed by atoms with E-state index >= 15 is 0 Å². The molecule has 2 bridgehead atoms. The van der Waals surface area contributed by atoms with Crippen LogP contribution < -0.4 is 0 Å². The van der Waals surface area contributed by atoms with Gasteiger partial charge in [0.15, 0.2) is 0 Å². The lowest BCUT2D eigenvalue weighted by Gasteiger charge is -2.24. The van der Waals surface area contributed by atoms with Gasteiger partial charge in [0.25, 0.3) is 5.91 Å². The van der Waals surface area contributed by atoms with Crippen LogP contribution in [0.15, 0.2) is 48.8 Å². The van der Waals surface area contributed by atoms with E-state index in [2.05, 4.69) is 46.3 Å². The van der Waals surface area contributed by atoms with Gasteiger partial charge in [-0.2, -0.15) is 0 Å². The highest BCUT2D eigenvalue weighted by molar-refractivity contribution is 5.98. The zero-order valence-corrected chi connectivity index (χ0v) is 23.5. The lowest BCUT2D eigenvalue weighted by atomic mass is 9.93. The summed E-state index contributed by atoms with van der Waals surface area (Å²) in [5.74, 6) is 7.77. The number of imidazole rings is 1. The summed E-state index contributed by atoms with van der Waals surface area (Å²) in [5.41, 5.74) is 5.88. The minimum Gasteiger partial charge on any atom is -0.395 e. The third-order valence-electron chi connectivity index (χ3n) is 7.48. The molecule has 2 atom stereocenters. The number of hydrogen-bond acceptors (Lipinski definition) is 5. The minimum absolute atomic E-state index is 0.0132. The molecule has 200 valence electrons. The van der Waals surface area contributed by atoms with Crippen LogP contribution in [0.3, 0.4) is 0 Å². The van der Waals surface area contributed by atoms with E-state index in [4.69, 9.17) is 4.98 Å². The maximum absolute atomic E-state index is 13.4. The maximum atomic E-state index is 13.4. The summed E-state index contributed by atoms with van der Waals surface area (Å²) < 4.78 is 2.29. The fraction of sp³-hybridized carbons (Fsp3) is 0.375. The highest BCUT2D eigenvalue weighted by atomic mass is 16.3. The smallest absolute Gasteiger partial charge is 0.254 e. The van der Waals surface area contributed by atoms with Crippen LogP contribution >= 0.6 is 0 Å². The number of nitrogens with zero attached hydrogens (tertiary/aromatic N) is 5. The molecule has 0 saturated carbocycles. The second-order valence-corrected chi connectivity index (χ2v) is 10.9. The Morgan fingerprint density at radius 2 is 1.79 bits per heavy atom. The lowest BCUT2D eigenvalue weighted by Crippen LogP contribution is -2.30. The SMILES string of the molecule is CC#Cc1cccc2c1C1CC(c3nc4ccc(-c5cnc(C(C)(C)CO)nc5)cc4n31)N(C)C2=O.CCC. The number of aliphatic hydroxyl groups excluding tert-OH is 1. The van der Waals surface area contributed by atoms with Gasteiger partial charge in [-0.05, 0) is 36.8 Å². The molecule has 0 fully saturated rings. The normalized spacial score (nSPS) is 17.5. The molecule has 39 heavy (non-hydrogen) atoms. The van der Waals surface area contributed by atoms with Crippen LogP contribution in [0.2, 0.25) is 0 Å². The van der Waals surface area contributed by atoms with Crippen LogP contribution in [-0.2, 0) is 5.41 Å². The topological polar surface area (TPSA) is 84.1 Å². The van der Waals surface area contributed by atoms with Gasteiger partial charge in [-0.1, -0.05) is 52.2 Å². The molecular weight excluding hydrogens is 486 g/mol. The Bertz CT molecular complexity index is 1610. The molecule has 2 aliphatic heterocycles. The van der Waals surface area contributed by atoms with E-state index in [0.29, 0.717) is 11.4 Å². The zero-order chi connectivity index (χ0) is 27.9. The molecule has 2 unspecified atom stereocenters. The second kappa shape index (κ2) is 10.3. The minimum atomic E-state index is -0.499. The highest BCUT2D eigenvalue weighted by Crippen LogP contribution is 2.48. The summed E-state index contributed by atoms with van der Waals surface area (Å²) in [4.78, 5) is 29.2. The Hall–Kier alpha value is -4.02. The van der Waals surface area contributed by atoms with Gasteiger partial charge in [0.2, 0.25) is 0 Å². The summed E-state index contributed by atoms with van der Waals surface area (Å²) in [6.45, 7) is 9.88. The van der Waals surface area contributed by atoms with Crippen molar-refractivity contribution in [2.45, 2.75) is 65.0 Å².